The van der Waals surface area contributed by atoms with E-state index >= 15 is 0 Å². The Morgan fingerprint density at radius 2 is 2.05 bits per heavy atom. The summed E-state index contributed by atoms with van der Waals surface area (Å²) in [5.74, 6) is -0.00801. The number of hydrogen-bond acceptors (Lipinski definition) is 3. The van der Waals surface area contributed by atoms with Crippen molar-refractivity contribution in [3.05, 3.63) is 29.8 Å². The van der Waals surface area contributed by atoms with Crippen molar-refractivity contribution in [2.45, 2.75) is 32.7 Å². The predicted molar refractivity (Wildman–Crippen MR) is 79.4 cm³/mol. The van der Waals surface area contributed by atoms with E-state index in [2.05, 4.69) is 5.32 Å². The summed E-state index contributed by atoms with van der Waals surface area (Å²) >= 11 is 0. The van der Waals surface area contributed by atoms with Gasteiger partial charge in [0.05, 0.1) is 11.4 Å². The number of carbonyl (C=O) groups is 1. The highest BCUT2D eigenvalue weighted by atomic mass is 32.2. The van der Waals surface area contributed by atoms with E-state index in [4.69, 9.17) is 0 Å². The van der Waals surface area contributed by atoms with Crippen molar-refractivity contribution in [1.29, 1.82) is 0 Å². The van der Waals surface area contributed by atoms with Crippen LogP contribution in [-0.2, 0) is 10.0 Å². The molecule has 1 aliphatic rings. The van der Waals surface area contributed by atoms with E-state index in [1.807, 2.05) is 13.8 Å². The zero-order valence-electron chi connectivity index (χ0n) is 11.8. The minimum absolute atomic E-state index is 0.0462. The molecule has 1 amide bonds. The highest BCUT2D eigenvalue weighted by molar-refractivity contribution is 7.92. The van der Waals surface area contributed by atoms with Gasteiger partial charge in [0, 0.05) is 18.2 Å². The summed E-state index contributed by atoms with van der Waals surface area (Å²) < 4.78 is 25.5. The van der Waals surface area contributed by atoms with Gasteiger partial charge in [-0.05, 0) is 44.9 Å². The SMILES string of the molecule is CC(C)NC(=O)c1cccc(N2CCCCS2(=O)=O)c1. The van der Waals surface area contributed by atoms with Gasteiger partial charge in [-0.15, -0.1) is 0 Å². The fraction of sp³-hybridized carbons (Fsp3) is 0.500. The van der Waals surface area contributed by atoms with E-state index in [0.29, 0.717) is 24.2 Å². The maximum atomic E-state index is 12.1. The molecule has 1 fully saturated rings. The molecule has 20 heavy (non-hydrogen) atoms. The second-order valence-corrected chi connectivity index (χ2v) is 7.29. The molecule has 0 aliphatic carbocycles. The molecule has 2 rings (SSSR count). The largest absolute Gasteiger partial charge is 0.350 e. The number of anilines is 1. The first kappa shape index (κ1) is 14.8. The first-order valence-electron chi connectivity index (χ1n) is 6.81. The Labute approximate surface area is 120 Å². The summed E-state index contributed by atoms with van der Waals surface area (Å²) in [5.41, 5.74) is 1.05. The van der Waals surface area contributed by atoms with Gasteiger partial charge in [-0.3, -0.25) is 9.10 Å². The quantitative estimate of drug-likeness (QED) is 0.924. The predicted octanol–water partition coefficient (Wildman–Crippen LogP) is 1.75. The van der Waals surface area contributed by atoms with Gasteiger partial charge in [-0.1, -0.05) is 6.07 Å². The highest BCUT2D eigenvalue weighted by Gasteiger charge is 2.26. The van der Waals surface area contributed by atoms with Crippen molar-refractivity contribution >= 4 is 21.6 Å². The lowest BCUT2D eigenvalue weighted by molar-refractivity contribution is 0.0943. The van der Waals surface area contributed by atoms with Crippen LogP contribution in [0.5, 0.6) is 0 Å². The highest BCUT2D eigenvalue weighted by Crippen LogP contribution is 2.24. The monoisotopic (exact) mass is 296 g/mol. The molecule has 1 aromatic rings. The molecule has 0 atom stereocenters. The number of rotatable bonds is 3. The zero-order valence-corrected chi connectivity index (χ0v) is 12.6. The Morgan fingerprint density at radius 3 is 2.70 bits per heavy atom. The lowest BCUT2D eigenvalue weighted by Crippen LogP contribution is -2.38. The number of nitrogens with one attached hydrogen (secondary N) is 1. The molecule has 0 bridgehead atoms. The number of nitrogens with zero attached hydrogens (tertiary/aromatic N) is 1. The summed E-state index contributed by atoms with van der Waals surface area (Å²) in [6.07, 6.45) is 1.55. The summed E-state index contributed by atoms with van der Waals surface area (Å²) in [4.78, 5) is 12.0. The molecular weight excluding hydrogens is 276 g/mol. The fourth-order valence-corrected chi connectivity index (χ4v) is 3.86. The summed E-state index contributed by atoms with van der Waals surface area (Å²) in [5, 5.41) is 2.80. The van der Waals surface area contributed by atoms with Gasteiger partial charge in [0.1, 0.15) is 0 Å². The second-order valence-electron chi connectivity index (χ2n) is 5.27. The van der Waals surface area contributed by atoms with Crippen LogP contribution in [-0.4, -0.2) is 32.7 Å². The van der Waals surface area contributed by atoms with E-state index in [-0.39, 0.29) is 17.7 Å². The molecule has 0 radical (unpaired) electrons. The Morgan fingerprint density at radius 1 is 1.30 bits per heavy atom. The summed E-state index contributed by atoms with van der Waals surface area (Å²) in [6.45, 7) is 4.26. The molecule has 1 aliphatic heterocycles. The van der Waals surface area contributed by atoms with Crippen LogP contribution in [0.1, 0.15) is 37.0 Å². The summed E-state index contributed by atoms with van der Waals surface area (Å²) in [7, 11) is -3.24. The Hall–Kier alpha value is -1.56. The van der Waals surface area contributed by atoms with Crippen LogP contribution in [0.25, 0.3) is 0 Å². The number of amides is 1. The van der Waals surface area contributed by atoms with Crippen molar-refractivity contribution in [2.24, 2.45) is 0 Å². The maximum absolute atomic E-state index is 12.1. The third-order valence-electron chi connectivity index (χ3n) is 3.17. The van der Waals surface area contributed by atoms with E-state index in [0.717, 1.165) is 6.42 Å². The van der Waals surface area contributed by atoms with Crippen molar-refractivity contribution in [3.63, 3.8) is 0 Å². The topological polar surface area (TPSA) is 66.5 Å². The van der Waals surface area contributed by atoms with E-state index < -0.39 is 10.0 Å². The molecule has 1 heterocycles. The van der Waals surface area contributed by atoms with E-state index in [1.165, 1.54) is 4.31 Å². The smallest absolute Gasteiger partial charge is 0.251 e. The lowest BCUT2D eigenvalue weighted by atomic mass is 10.1. The minimum atomic E-state index is -3.24. The first-order chi connectivity index (χ1) is 9.40. The van der Waals surface area contributed by atoms with E-state index in [9.17, 15) is 13.2 Å². The van der Waals surface area contributed by atoms with Gasteiger partial charge in [0.2, 0.25) is 10.0 Å². The molecule has 1 saturated heterocycles. The van der Waals surface area contributed by atoms with Crippen LogP contribution in [0.2, 0.25) is 0 Å². The van der Waals surface area contributed by atoms with Crippen LogP contribution < -0.4 is 9.62 Å². The second kappa shape index (κ2) is 5.83. The third kappa shape index (κ3) is 3.30. The van der Waals surface area contributed by atoms with Crippen LogP contribution in [0.3, 0.4) is 0 Å². The van der Waals surface area contributed by atoms with Crippen molar-refractivity contribution < 1.29 is 13.2 Å². The molecule has 110 valence electrons. The van der Waals surface area contributed by atoms with Crippen molar-refractivity contribution in [1.82, 2.24) is 5.32 Å². The van der Waals surface area contributed by atoms with Gasteiger partial charge in [-0.25, -0.2) is 8.42 Å². The third-order valence-corrected chi connectivity index (χ3v) is 5.03. The molecule has 0 unspecified atom stereocenters. The van der Waals surface area contributed by atoms with Gasteiger partial charge in [0.25, 0.3) is 5.91 Å². The number of benzene rings is 1. The Bertz CT molecular complexity index is 596. The molecular formula is C14H20N2O3S. The summed E-state index contributed by atoms with van der Waals surface area (Å²) in [6, 6.07) is 6.83. The minimum Gasteiger partial charge on any atom is -0.350 e. The maximum Gasteiger partial charge on any atom is 0.251 e. The molecule has 1 N–H and O–H groups in total. The fourth-order valence-electron chi connectivity index (χ4n) is 2.23. The van der Waals surface area contributed by atoms with Crippen LogP contribution >= 0.6 is 0 Å². The zero-order chi connectivity index (χ0) is 14.8. The number of carbonyl (C=O) groups excluding carboxylic acids is 1. The normalized spacial score (nSPS) is 18.1. The van der Waals surface area contributed by atoms with Crippen molar-refractivity contribution in [3.8, 4) is 0 Å². The van der Waals surface area contributed by atoms with Gasteiger partial charge < -0.3 is 5.32 Å². The lowest BCUT2D eigenvalue weighted by Gasteiger charge is -2.28. The molecule has 5 nitrogen and oxygen atoms in total. The first-order valence-corrected chi connectivity index (χ1v) is 8.42. The molecule has 0 spiro atoms. The van der Waals surface area contributed by atoms with Crippen LogP contribution in [0.15, 0.2) is 24.3 Å². The number of sulfonamides is 1. The average Bonchev–Trinajstić information content (AvgIpc) is 2.37. The molecule has 1 aromatic carbocycles. The molecule has 0 aromatic heterocycles. The van der Waals surface area contributed by atoms with Gasteiger partial charge in [0.15, 0.2) is 0 Å². The van der Waals surface area contributed by atoms with Crippen molar-refractivity contribution in [2.75, 3.05) is 16.6 Å². The standard InChI is InChI=1S/C14H20N2O3S/c1-11(2)15-14(17)12-6-5-7-13(10-12)16-8-3-4-9-20(16,18)19/h5-7,10-11H,3-4,8-9H2,1-2H3,(H,15,17). The molecule has 6 heteroatoms. The van der Waals surface area contributed by atoms with Gasteiger partial charge >= 0.3 is 0 Å². The Balaban J connectivity index is 2.28. The Kier molecular flexibility index (Phi) is 4.32. The number of hydrogen-bond donors (Lipinski definition) is 1. The van der Waals surface area contributed by atoms with E-state index in [1.54, 1.807) is 24.3 Å². The molecule has 0 saturated carbocycles. The van der Waals surface area contributed by atoms with Gasteiger partial charge in [-0.2, -0.15) is 0 Å². The average molecular weight is 296 g/mol. The van der Waals surface area contributed by atoms with Crippen LogP contribution in [0, 0.1) is 0 Å². The van der Waals surface area contributed by atoms with Crippen LogP contribution in [0.4, 0.5) is 5.69 Å².